The summed E-state index contributed by atoms with van der Waals surface area (Å²) in [6.45, 7) is 9.01. The molecule has 5 heteroatoms. The van der Waals surface area contributed by atoms with Crippen LogP contribution in [0.3, 0.4) is 0 Å². The first-order valence-electron chi connectivity index (χ1n) is 9.26. The number of morpholine rings is 1. The molecule has 3 heterocycles. The normalized spacial score (nSPS) is 35.6. The fourth-order valence-electron chi connectivity index (χ4n) is 4.52. The van der Waals surface area contributed by atoms with Crippen LogP contribution < -0.4 is 5.32 Å². The number of nitrogens with zero attached hydrogens (tertiary/aromatic N) is 2. The van der Waals surface area contributed by atoms with Crippen LogP contribution >= 0.6 is 0 Å². The zero-order valence-corrected chi connectivity index (χ0v) is 13.9. The van der Waals surface area contributed by atoms with E-state index in [2.05, 4.69) is 15.1 Å². The number of ether oxygens (including phenoxy) is 1. The van der Waals surface area contributed by atoms with E-state index in [-0.39, 0.29) is 0 Å². The largest absolute Gasteiger partial charge is 0.396 e. The number of hydrogen-bond donors (Lipinski definition) is 2. The topological polar surface area (TPSA) is 48.0 Å². The van der Waals surface area contributed by atoms with Gasteiger partial charge in [-0.25, -0.2) is 0 Å². The van der Waals surface area contributed by atoms with Crippen LogP contribution in [-0.2, 0) is 4.74 Å². The molecule has 3 unspecified atom stereocenters. The average molecular weight is 311 g/mol. The molecule has 128 valence electrons. The van der Waals surface area contributed by atoms with Gasteiger partial charge in [-0.1, -0.05) is 6.42 Å². The van der Waals surface area contributed by atoms with Crippen LogP contribution in [0.15, 0.2) is 0 Å². The Balaban J connectivity index is 1.59. The summed E-state index contributed by atoms with van der Waals surface area (Å²) >= 11 is 0. The second-order valence-electron chi connectivity index (χ2n) is 7.13. The smallest absolute Gasteiger partial charge is 0.0594 e. The highest BCUT2D eigenvalue weighted by Crippen LogP contribution is 2.26. The minimum absolute atomic E-state index is 0.334. The van der Waals surface area contributed by atoms with Crippen LogP contribution in [0, 0.1) is 5.92 Å². The molecular weight excluding hydrogens is 278 g/mol. The van der Waals surface area contributed by atoms with Crippen molar-refractivity contribution in [3.05, 3.63) is 0 Å². The predicted octanol–water partition coefficient (Wildman–Crippen LogP) is 0.534. The van der Waals surface area contributed by atoms with E-state index < -0.39 is 0 Å². The van der Waals surface area contributed by atoms with E-state index in [1.54, 1.807) is 0 Å². The molecule has 0 aromatic carbocycles. The maximum atomic E-state index is 9.34. The number of piperidine rings is 2. The van der Waals surface area contributed by atoms with Crippen LogP contribution in [0.2, 0.25) is 0 Å². The minimum atomic E-state index is 0.334. The van der Waals surface area contributed by atoms with Gasteiger partial charge in [-0.2, -0.15) is 0 Å². The summed E-state index contributed by atoms with van der Waals surface area (Å²) in [5.41, 5.74) is 0. The van der Waals surface area contributed by atoms with Crippen molar-refractivity contribution < 1.29 is 9.84 Å². The maximum Gasteiger partial charge on any atom is 0.0594 e. The third kappa shape index (κ3) is 4.20. The van der Waals surface area contributed by atoms with E-state index in [0.29, 0.717) is 18.7 Å². The van der Waals surface area contributed by atoms with Crippen LogP contribution in [0.25, 0.3) is 0 Å². The number of aliphatic hydroxyl groups is 1. The van der Waals surface area contributed by atoms with E-state index in [0.717, 1.165) is 51.7 Å². The Morgan fingerprint density at radius 1 is 1.09 bits per heavy atom. The van der Waals surface area contributed by atoms with Gasteiger partial charge >= 0.3 is 0 Å². The Bertz CT molecular complexity index is 321. The number of aliphatic hydroxyl groups excluding tert-OH is 1. The van der Waals surface area contributed by atoms with Gasteiger partial charge in [-0.15, -0.1) is 0 Å². The van der Waals surface area contributed by atoms with Gasteiger partial charge in [0.2, 0.25) is 0 Å². The van der Waals surface area contributed by atoms with Gasteiger partial charge in [0.1, 0.15) is 0 Å². The van der Waals surface area contributed by atoms with Gasteiger partial charge in [0.05, 0.1) is 13.2 Å². The fourth-order valence-corrected chi connectivity index (χ4v) is 4.52. The van der Waals surface area contributed by atoms with Crippen molar-refractivity contribution in [3.8, 4) is 0 Å². The van der Waals surface area contributed by atoms with Gasteiger partial charge in [0.25, 0.3) is 0 Å². The first kappa shape index (κ1) is 16.7. The van der Waals surface area contributed by atoms with E-state index in [1.807, 2.05) is 0 Å². The molecule has 3 saturated heterocycles. The fraction of sp³-hybridized carbons (Fsp3) is 1.00. The molecule has 0 spiro atoms. The quantitative estimate of drug-likeness (QED) is 0.776. The summed E-state index contributed by atoms with van der Waals surface area (Å²) in [5, 5.41) is 12.9. The molecule has 3 rings (SSSR count). The van der Waals surface area contributed by atoms with Crippen molar-refractivity contribution in [1.29, 1.82) is 0 Å². The molecule has 0 saturated carbocycles. The summed E-state index contributed by atoms with van der Waals surface area (Å²) < 4.78 is 5.52. The Hall–Kier alpha value is -0.200. The van der Waals surface area contributed by atoms with Crippen molar-refractivity contribution in [1.82, 2.24) is 15.1 Å². The van der Waals surface area contributed by atoms with Crippen LogP contribution in [0.4, 0.5) is 0 Å². The zero-order chi connectivity index (χ0) is 15.2. The van der Waals surface area contributed by atoms with Gasteiger partial charge in [-0.05, 0) is 44.7 Å². The zero-order valence-electron chi connectivity index (χ0n) is 13.9. The highest BCUT2D eigenvalue weighted by molar-refractivity contribution is 4.90. The lowest BCUT2D eigenvalue weighted by Crippen LogP contribution is -2.57. The summed E-state index contributed by atoms with van der Waals surface area (Å²) in [6.07, 6.45) is 6.17. The highest BCUT2D eigenvalue weighted by atomic mass is 16.5. The van der Waals surface area contributed by atoms with Gasteiger partial charge in [-0.3, -0.25) is 9.80 Å². The third-order valence-corrected chi connectivity index (χ3v) is 5.78. The van der Waals surface area contributed by atoms with Crippen LogP contribution in [0.5, 0.6) is 0 Å². The second-order valence-corrected chi connectivity index (χ2v) is 7.13. The molecule has 0 amide bonds. The van der Waals surface area contributed by atoms with Crippen molar-refractivity contribution in [3.63, 3.8) is 0 Å². The molecule has 3 fully saturated rings. The summed E-state index contributed by atoms with van der Waals surface area (Å²) in [6, 6.07) is 1.27. The first-order chi connectivity index (χ1) is 10.9. The molecule has 0 radical (unpaired) electrons. The molecule has 2 N–H and O–H groups in total. The van der Waals surface area contributed by atoms with E-state index >= 15 is 0 Å². The van der Waals surface area contributed by atoms with Crippen molar-refractivity contribution in [2.24, 2.45) is 5.92 Å². The van der Waals surface area contributed by atoms with E-state index in [1.165, 1.54) is 38.8 Å². The van der Waals surface area contributed by atoms with E-state index in [9.17, 15) is 5.11 Å². The molecule has 5 nitrogen and oxygen atoms in total. The standard InChI is InChI=1S/C17H33N3O2/c21-10-5-16-3-1-2-7-20(16)14-15-4-6-18-13-17(15)19-8-11-22-12-9-19/h15-18,21H,1-14H2. The highest BCUT2D eigenvalue weighted by Gasteiger charge is 2.34. The number of rotatable bonds is 5. The first-order valence-corrected chi connectivity index (χ1v) is 9.26. The number of hydrogen-bond acceptors (Lipinski definition) is 5. The van der Waals surface area contributed by atoms with Crippen molar-refractivity contribution in [2.75, 3.05) is 59.1 Å². The molecule has 3 aliphatic rings. The average Bonchev–Trinajstić information content (AvgIpc) is 2.58. The molecule has 0 bridgehead atoms. The predicted molar refractivity (Wildman–Crippen MR) is 88.1 cm³/mol. The Morgan fingerprint density at radius 2 is 1.95 bits per heavy atom. The lowest BCUT2D eigenvalue weighted by molar-refractivity contribution is -0.0139. The number of nitrogens with one attached hydrogen (secondary N) is 1. The second kappa shape index (κ2) is 8.60. The van der Waals surface area contributed by atoms with Crippen molar-refractivity contribution in [2.45, 2.75) is 44.2 Å². The minimum Gasteiger partial charge on any atom is -0.396 e. The lowest BCUT2D eigenvalue weighted by Gasteiger charge is -2.45. The Labute approximate surface area is 135 Å². The summed E-state index contributed by atoms with van der Waals surface area (Å²) in [5.74, 6) is 0.763. The van der Waals surface area contributed by atoms with Crippen molar-refractivity contribution >= 4 is 0 Å². The molecule has 0 aromatic heterocycles. The van der Waals surface area contributed by atoms with Gasteiger partial charge in [0, 0.05) is 44.9 Å². The SMILES string of the molecule is OCCC1CCCCN1CC1CCNCC1N1CCOCC1. The monoisotopic (exact) mass is 311 g/mol. The molecular formula is C17H33N3O2. The van der Waals surface area contributed by atoms with Crippen LogP contribution in [-0.4, -0.2) is 86.1 Å². The summed E-state index contributed by atoms with van der Waals surface area (Å²) in [4.78, 5) is 5.33. The molecule has 3 atom stereocenters. The van der Waals surface area contributed by atoms with E-state index in [4.69, 9.17) is 4.74 Å². The molecule has 0 aliphatic carbocycles. The summed E-state index contributed by atoms with van der Waals surface area (Å²) in [7, 11) is 0. The Kier molecular flexibility index (Phi) is 6.51. The van der Waals surface area contributed by atoms with Gasteiger partial charge < -0.3 is 15.2 Å². The lowest BCUT2D eigenvalue weighted by atomic mass is 9.88. The van der Waals surface area contributed by atoms with Gasteiger partial charge in [0.15, 0.2) is 0 Å². The molecule has 0 aromatic rings. The third-order valence-electron chi connectivity index (χ3n) is 5.78. The number of likely N-dealkylation sites (tertiary alicyclic amines) is 1. The Morgan fingerprint density at radius 3 is 2.77 bits per heavy atom. The molecule has 22 heavy (non-hydrogen) atoms. The van der Waals surface area contributed by atoms with Crippen LogP contribution in [0.1, 0.15) is 32.1 Å². The molecule has 3 aliphatic heterocycles. The maximum absolute atomic E-state index is 9.34.